The minimum Gasteiger partial charge on any atom is -0.462 e. The molecule has 1 atom stereocenters. The van der Waals surface area contributed by atoms with Crippen molar-refractivity contribution in [1.82, 2.24) is 0 Å². The van der Waals surface area contributed by atoms with Gasteiger partial charge in [-0.25, -0.2) is 0 Å². The van der Waals surface area contributed by atoms with Crippen LogP contribution in [0.2, 0.25) is 0 Å². The first kappa shape index (κ1) is 55.6. The summed E-state index contributed by atoms with van der Waals surface area (Å²) in [5.41, 5.74) is 0. The predicted molar refractivity (Wildman–Crippen MR) is 247 cm³/mol. The first-order valence-corrected chi connectivity index (χ1v) is 25.0. The lowest BCUT2D eigenvalue weighted by molar-refractivity contribution is -0.167. The van der Waals surface area contributed by atoms with Crippen molar-refractivity contribution in [3.8, 4) is 0 Å². The van der Waals surface area contributed by atoms with E-state index < -0.39 is 6.10 Å². The number of carbonyl (C=O) groups is 3. The number of unbranched alkanes of at least 4 members (excludes halogenated alkanes) is 28. The van der Waals surface area contributed by atoms with Crippen LogP contribution >= 0.6 is 0 Å². The lowest BCUT2D eigenvalue weighted by Gasteiger charge is -2.18. The van der Waals surface area contributed by atoms with Crippen molar-refractivity contribution in [2.24, 2.45) is 0 Å². The Morgan fingerprint density at radius 3 is 0.966 bits per heavy atom. The van der Waals surface area contributed by atoms with E-state index in [1.807, 2.05) is 0 Å². The van der Waals surface area contributed by atoms with Crippen LogP contribution in [0.1, 0.15) is 258 Å². The Morgan fingerprint density at radius 2 is 0.621 bits per heavy atom. The molecule has 0 N–H and O–H groups in total. The van der Waals surface area contributed by atoms with Gasteiger partial charge in [0.2, 0.25) is 0 Å². The van der Waals surface area contributed by atoms with E-state index in [1.54, 1.807) is 0 Å². The number of allylic oxidation sites excluding steroid dienone is 6. The molecule has 0 bridgehead atoms. The van der Waals surface area contributed by atoms with Gasteiger partial charge < -0.3 is 14.2 Å². The van der Waals surface area contributed by atoms with Crippen LogP contribution in [0.25, 0.3) is 0 Å². The van der Waals surface area contributed by atoms with Crippen molar-refractivity contribution in [2.75, 3.05) is 13.2 Å². The van der Waals surface area contributed by atoms with Gasteiger partial charge in [0.25, 0.3) is 0 Å². The summed E-state index contributed by atoms with van der Waals surface area (Å²) in [6.45, 7) is 6.59. The van der Waals surface area contributed by atoms with Crippen molar-refractivity contribution in [3.05, 3.63) is 36.5 Å². The van der Waals surface area contributed by atoms with Crippen molar-refractivity contribution < 1.29 is 28.6 Å². The van der Waals surface area contributed by atoms with Gasteiger partial charge in [-0.3, -0.25) is 14.4 Å². The third-order valence-electron chi connectivity index (χ3n) is 10.9. The summed E-state index contributed by atoms with van der Waals surface area (Å²) >= 11 is 0. The highest BCUT2D eigenvalue weighted by Gasteiger charge is 2.19. The van der Waals surface area contributed by atoms with Crippen molar-refractivity contribution in [3.63, 3.8) is 0 Å². The molecular weight excluding hydrogens is 721 g/mol. The Hall–Kier alpha value is -2.37. The highest BCUT2D eigenvalue weighted by molar-refractivity contribution is 5.71. The molecule has 0 aliphatic rings. The summed E-state index contributed by atoms with van der Waals surface area (Å²) < 4.78 is 16.7. The van der Waals surface area contributed by atoms with Crippen LogP contribution in [-0.2, 0) is 28.6 Å². The van der Waals surface area contributed by atoms with E-state index >= 15 is 0 Å². The van der Waals surface area contributed by atoms with E-state index in [9.17, 15) is 14.4 Å². The number of esters is 3. The topological polar surface area (TPSA) is 78.9 Å². The van der Waals surface area contributed by atoms with Crippen molar-refractivity contribution >= 4 is 17.9 Å². The van der Waals surface area contributed by atoms with E-state index in [2.05, 4.69) is 57.2 Å². The molecular formula is C52H94O6. The first-order chi connectivity index (χ1) is 28.5. The average Bonchev–Trinajstić information content (AvgIpc) is 3.22. The first-order valence-electron chi connectivity index (χ1n) is 25.0. The van der Waals surface area contributed by atoms with Crippen molar-refractivity contribution in [1.29, 1.82) is 0 Å². The third kappa shape index (κ3) is 44.7. The van der Waals surface area contributed by atoms with E-state index in [0.29, 0.717) is 19.3 Å². The standard InChI is InChI=1S/C52H94O6/c1-4-7-10-13-16-19-21-22-23-24-25-26-27-28-29-30-32-33-36-39-42-45-51(54)57-48-49(47-56-50(53)44-41-38-35-18-15-12-9-6-3)58-52(55)46-43-40-37-34-31-20-17-14-11-8-5-2/h21-22,24-25,27-28,49H,4-20,23,26,29-48H2,1-3H3/b22-21-,25-24-,28-27-. The van der Waals surface area contributed by atoms with Gasteiger partial charge in [0, 0.05) is 19.3 Å². The minimum atomic E-state index is -0.770. The zero-order chi connectivity index (χ0) is 42.3. The lowest BCUT2D eigenvalue weighted by atomic mass is 10.1. The lowest BCUT2D eigenvalue weighted by Crippen LogP contribution is -2.30. The van der Waals surface area contributed by atoms with Crippen LogP contribution in [0.4, 0.5) is 0 Å². The highest BCUT2D eigenvalue weighted by atomic mass is 16.6. The SMILES string of the molecule is CCCCCCC/C=C\C/C=C\C/C=C\CCCCCCCCC(=O)OCC(COC(=O)CCCCCCCCCC)OC(=O)CCCCCCCCCCCCC. The second-order valence-electron chi connectivity index (χ2n) is 16.7. The molecule has 0 heterocycles. The van der Waals surface area contributed by atoms with Gasteiger partial charge in [-0.1, -0.05) is 218 Å². The summed E-state index contributed by atoms with van der Waals surface area (Å²) in [6, 6.07) is 0. The summed E-state index contributed by atoms with van der Waals surface area (Å²) in [5.74, 6) is -0.885. The molecule has 6 heteroatoms. The molecule has 0 spiro atoms. The maximum absolute atomic E-state index is 12.7. The second-order valence-corrected chi connectivity index (χ2v) is 16.7. The van der Waals surface area contributed by atoms with Gasteiger partial charge in [0.05, 0.1) is 0 Å². The van der Waals surface area contributed by atoms with Gasteiger partial charge in [-0.05, 0) is 57.8 Å². The van der Waals surface area contributed by atoms with Gasteiger partial charge in [-0.15, -0.1) is 0 Å². The van der Waals surface area contributed by atoms with Crippen LogP contribution in [0.5, 0.6) is 0 Å². The quantitative estimate of drug-likeness (QED) is 0.0264. The molecule has 0 saturated heterocycles. The fraction of sp³-hybridized carbons (Fsp3) is 0.827. The van der Waals surface area contributed by atoms with Crippen LogP contribution in [-0.4, -0.2) is 37.2 Å². The molecule has 338 valence electrons. The summed E-state index contributed by atoms with van der Waals surface area (Å²) in [7, 11) is 0. The van der Waals surface area contributed by atoms with E-state index in [-0.39, 0.29) is 31.1 Å². The number of hydrogen-bond donors (Lipinski definition) is 0. The number of carbonyl (C=O) groups excluding carboxylic acids is 3. The van der Waals surface area contributed by atoms with E-state index in [0.717, 1.165) is 77.0 Å². The fourth-order valence-electron chi connectivity index (χ4n) is 7.10. The molecule has 0 aromatic rings. The second kappa shape index (κ2) is 47.3. The largest absolute Gasteiger partial charge is 0.462 e. The Kier molecular flexibility index (Phi) is 45.4. The molecule has 0 aromatic heterocycles. The average molecular weight is 815 g/mol. The molecule has 1 unspecified atom stereocenters. The Bertz CT molecular complexity index is 984. The molecule has 0 radical (unpaired) electrons. The molecule has 0 aliphatic heterocycles. The molecule has 0 aliphatic carbocycles. The van der Waals surface area contributed by atoms with Crippen LogP contribution in [0.3, 0.4) is 0 Å². The smallest absolute Gasteiger partial charge is 0.306 e. The molecule has 6 nitrogen and oxygen atoms in total. The maximum Gasteiger partial charge on any atom is 0.306 e. The summed E-state index contributed by atoms with van der Waals surface area (Å²) in [5, 5.41) is 0. The Labute approximate surface area is 359 Å². The molecule has 0 aromatic carbocycles. The Morgan fingerprint density at radius 1 is 0.345 bits per heavy atom. The van der Waals surface area contributed by atoms with Crippen LogP contribution in [0.15, 0.2) is 36.5 Å². The normalized spacial score (nSPS) is 12.3. The summed E-state index contributed by atoms with van der Waals surface area (Å²) in [6.07, 6.45) is 54.2. The molecule has 58 heavy (non-hydrogen) atoms. The number of hydrogen-bond acceptors (Lipinski definition) is 6. The fourth-order valence-corrected chi connectivity index (χ4v) is 7.10. The Balaban J connectivity index is 4.25. The van der Waals surface area contributed by atoms with Crippen molar-refractivity contribution in [2.45, 2.75) is 264 Å². The van der Waals surface area contributed by atoms with Gasteiger partial charge in [-0.2, -0.15) is 0 Å². The maximum atomic E-state index is 12.7. The molecule has 0 rings (SSSR count). The third-order valence-corrected chi connectivity index (χ3v) is 10.9. The minimum absolute atomic E-state index is 0.0734. The van der Waals surface area contributed by atoms with E-state index in [1.165, 1.54) is 141 Å². The van der Waals surface area contributed by atoms with Gasteiger partial charge in [0.1, 0.15) is 13.2 Å². The molecule has 0 amide bonds. The van der Waals surface area contributed by atoms with Crippen LogP contribution < -0.4 is 0 Å². The molecule has 0 saturated carbocycles. The van der Waals surface area contributed by atoms with E-state index in [4.69, 9.17) is 14.2 Å². The number of rotatable bonds is 45. The summed E-state index contributed by atoms with van der Waals surface area (Å²) in [4.78, 5) is 37.7. The number of ether oxygens (including phenoxy) is 3. The zero-order valence-corrected chi connectivity index (χ0v) is 38.6. The molecule has 0 fully saturated rings. The highest BCUT2D eigenvalue weighted by Crippen LogP contribution is 2.15. The van der Waals surface area contributed by atoms with Crippen LogP contribution in [0, 0.1) is 0 Å². The van der Waals surface area contributed by atoms with Gasteiger partial charge >= 0.3 is 17.9 Å². The van der Waals surface area contributed by atoms with Gasteiger partial charge in [0.15, 0.2) is 6.10 Å². The predicted octanol–water partition coefficient (Wildman–Crippen LogP) is 16.1. The zero-order valence-electron chi connectivity index (χ0n) is 38.6. The monoisotopic (exact) mass is 815 g/mol.